The van der Waals surface area contributed by atoms with E-state index in [1.54, 1.807) is 4.90 Å². The number of carboxylic acids is 1. The molecule has 1 heterocycles. The molecule has 2 amide bonds. The van der Waals surface area contributed by atoms with Crippen LogP contribution in [0.1, 0.15) is 44.9 Å². The van der Waals surface area contributed by atoms with Crippen molar-refractivity contribution in [2.24, 2.45) is 5.41 Å². The number of urea groups is 1. The molecule has 0 spiro atoms. The molecule has 2 rings (SSSR count). The van der Waals surface area contributed by atoms with E-state index in [2.05, 4.69) is 10.6 Å². The number of nitrogens with one attached hydrogen (secondary N) is 2. The topological polar surface area (TPSA) is 81.7 Å². The Morgan fingerprint density at radius 3 is 2.43 bits per heavy atom. The van der Waals surface area contributed by atoms with Crippen LogP contribution in [-0.4, -0.2) is 54.7 Å². The lowest BCUT2D eigenvalue weighted by Gasteiger charge is -2.30. The number of hydrogen-bond donors (Lipinski definition) is 3. The summed E-state index contributed by atoms with van der Waals surface area (Å²) in [6, 6.07) is -0.122. The Balaban J connectivity index is 1.91. The van der Waals surface area contributed by atoms with Crippen molar-refractivity contribution < 1.29 is 14.7 Å². The molecule has 0 bridgehead atoms. The van der Waals surface area contributed by atoms with Gasteiger partial charge in [-0.25, -0.2) is 4.79 Å². The third-order valence-corrected chi connectivity index (χ3v) is 4.72. The minimum absolute atomic E-state index is 0.122. The summed E-state index contributed by atoms with van der Waals surface area (Å²) in [4.78, 5) is 25.7. The van der Waals surface area contributed by atoms with Gasteiger partial charge in [0, 0.05) is 26.2 Å². The van der Waals surface area contributed by atoms with Crippen LogP contribution in [0, 0.1) is 5.41 Å². The van der Waals surface area contributed by atoms with Gasteiger partial charge in [0.2, 0.25) is 0 Å². The molecule has 21 heavy (non-hydrogen) atoms. The van der Waals surface area contributed by atoms with Crippen molar-refractivity contribution in [3.63, 3.8) is 0 Å². The maximum Gasteiger partial charge on any atom is 0.317 e. The van der Waals surface area contributed by atoms with Crippen LogP contribution in [0.25, 0.3) is 0 Å². The SMILES string of the molecule is O=C(NCC1(C(=O)O)CCCCCC1)N1CCCNCC1. The van der Waals surface area contributed by atoms with Gasteiger partial charge in [-0.1, -0.05) is 25.7 Å². The van der Waals surface area contributed by atoms with Gasteiger partial charge in [-0.3, -0.25) is 4.79 Å². The van der Waals surface area contributed by atoms with Gasteiger partial charge >= 0.3 is 12.0 Å². The molecule has 6 heteroatoms. The van der Waals surface area contributed by atoms with Crippen LogP contribution in [-0.2, 0) is 4.79 Å². The van der Waals surface area contributed by atoms with Crippen molar-refractivity contribution in [2.45, 2.75) is 44.9 Å². The summed E-state index contributed by atoms with van der Waals surface area (Å²) < 4.78 is 0. The lowest BCUT2D eigenvalue weighted by atomic mass is 9.80. The fourth-order valence-corrected chi connectivity index (χ4v) is 3.28. The van der Waals surface area contributed by atoms with Gasteiger partial charge in [0.15, 0.2) is 0 Å². The Hall–Kier alpha value is -1.30. The molecule has 1 aliphatic heterocycles. The van der Waals surface area contributed by atoms with Crippen molar-refractivity contribution in [3.05, 3.63) is 0 Å². The van der Waals surface area contributed by atoms with Gasteiger partial charge in [-0.2, -0.15) is 0 Å². The Kier molecular flexibility index (Phi) is 5.85. The van der Waals surface area contributed by atoms with Crippen molar-refractivity contribution in [1.29, 1.82) is 0 Å². The maximum absolute atomic E-state index is 12.2. The maximum atomic E-state index is 12.2. The molecule has 2 aliphatic rings. The molecule has 2 fully saturated rings. The Bertz CT molecular complexity index is 357. The second kappa shape index (κ2) is 7.64. The molecule has 0 radical (unpaired) electrons. The highest BCUT2D eigenvalue weighted by Crippen LogP contribution is 2.34. The number of carboxylic acid groups (broad SMARTS) is 1. The first-order valence-electron chi connectivity index (χ1n) is 8.11. The molecule has 3 N–H and O–H groups in total. The van der Waals surface area contributed by atoms with Gasteiger partial charge in [0.05, 0.1) is 5.41 Å². The Morgan fingerprint density at radius 1 is 1.05 bits per heavy atom. The minimum atomic E-state index is -0.768. The number of rotatable bonds is 3. The quantitative estimate of drug-likeness (QED) is 0.688. The van der Waals surface area contributed by atoms with Crippen LogP contribution in [0.4, 0.5) is 4.79 Å². The number of nitrogens with zero attached hydrogens (tertiary/aromatic N) is 1. The van der Waals surface area contributed by atoms with E-state index in [0.29, 0.717) is 19.4 Å². The lowest BCUT2D eigenvalue weighted by molar-refractivity contribution is -0.149. The van der Waals surface area contributed by atoms with Crippen molar-refractivity contribution >= 4 is 12.0 Å². The molecule has 0 aromatic carbocycles. The van der Waals surface area contributed by atoms with E-state index in [-0.39, 0.29) is 12.6 Å². The minimum Gasteiger partial charge on any atom is -0.481 e. The molecular weight excluding hydrogens is 270 g/mol. The number of carbonyl (C=O) groups is 2. The normalized spacial score (nSPS) is 23.0. The highest BCUT2D eigenvalue weighted by atomic mass is 16.4. The number of carbonyl (C=O) groups excluding carboxylic acids is 1. The van der Waals surface area contributed by atoms with Crippen molar-refractivity contribution in [2.75, 3.05) is 32.7 Å². The fourth-order valence-electron chi connectivity index (χ4n) is 3.28. The molecule has 6 nitrogen and oxygen atoms in total. The molecule has 1 aliphatic carbocycles. The Morgan fingerprint density at radius 2 is 1.76 bits per heavy atom. The summed E-state index contributed by atoms with van der Waals surface area (Å²) in [5.41, 5.74) is -0.768. The average Bonchev–Trinajstić information content (AvgIpc) is 2.88. The second-order valence-corrected chi connectivity index (χ2v) is 6.25. The zero-order chi connectivity index (χ0) is 15.1. The lowest BCUT2D eigenvalue weighted by Crippen LogP contribution is -2.48. The third-order valence-electron chi connectivity index (χ3n) is 4.72. The fraction of sp³-hybridized carbons (Fsp3) is 0.867. The zero-order valence-corrected chi connectivity index (χ0v) is 12.7. The van der Waals surface area contributed by atoms with Crippen LogP contribution >= 0.6 is 0 Å². The van der Waals surface area contributed by atoms with E-state index in [4.69, 9.17) is 0 Å². The van der Waals surface area contributed by atoms with E-state index in [9.17, 15) is 14.7 Å². The summed E-state index contributed by atoms with van der Waals surface area (Å²) in [5, 5.41) is 15.7. The highest BCUT2D eigenvalue weighted by molar-refractivity contribution is 5.78. The van der Waals surface area contributed by atoms with Crippen LogP contribution in [0.5, 0.6) is 0 Å². The molecule has 0 aromatic rings. The summed E-state index contributed by atoms with van der Waals surface area (Å²) in [5.74, 6) is -0.762. The molecular formula is C15H27N3O3. The van der Waals surface area contributed by atoms with E-state index in [1.165, 1.54) is 0 Å². The van der Waals surface area contributed by atoms with Crippen LogP contribution in [0.2, 0.25) is 0 Å². The van der Waals surface area contributed by atoms with Gasteiger partial charge in [0.25, 0.3) is 0 Å². The summed E-state index contributed by atoms with van der Waals surface area (Å²) in [7, 11) is 0. The van der Waals surface area contributed by atoms with Gasteiger partial charge in [-0.15, -0.1) is 0 Å². The largest absolute Gasteiger partial charge is 0.481 e. The summed E-state index contributed by atoms with van der Waals surface area (Å²) in [6.07, 6.45) is 6.36. The first-order chi connectivity index (χ1) is 10.1. The molecule has 0 unspecified atom stereocenters. The van der Waals surface area contributed by atoms with Crippen LogP contribution in [0.3, 0.4) is 0 Å². The number of amides is 2. The van der Waals surface area contributed by atoms with Crippen LogP contribution < -0.4 is 10.6 Å². The van der Waals surface area contributed by atoms with E-state index in [0.717, 1.165) is 51.7 Å². The molecule has 0 atom stereocenters. The first-order valence-corrected chi connectivity index (χ1v) is 8.11. The first kappa shape index (κ1) is 16.1. The summed E-state index contributed by atoms with van der Waals surface area (Å²) >= 11 is 0. The molecule has 1 saturated carbocycles. The Labute approximate surface area is 126 Å². The molecule has 120 valence electrons. The predicted octanol–water partition coefficient (Wildman–Crippen LogP) is 1.42. The van der Waals surface area contributed by atoms with Crippen LogP contribution in [0.15, 0.2) is 0 Å². The van der Waals surface area contributed by atoms with E-state index in [1.807, 2.05) is 0 Å². The van der Waals surface area contributed by atoms with Crippen molar-refractivity contribution in [3.8, 4) is 0 Å². The molecule has 1 saturated heterocycles. The van der Waals surface area contributed by atoms with E-state index >= 15 is 0 Å². The number of hydrogen-bond acceptors (Lipinski definition) is 3. The third kappa shape index (κ3) is 4.33. The molecule has 0 aromatic heterocycles. The highest BCUT2D eigenvalue weighted by Gasteiger charge is 2.39. The van der Waals surface area contributed by atoms with Crippen molar-refractivity contribution in [1.82, 2.24) is 15.5 Å². The van der Waals surface area contributed by atoms with Gasteiger partial charge < -0.3 is 20.6 Å². The monoisotopic (exact) mass is 297 g/mol. The second-order valence-electron chi connectivity index (χ2n) is 6.25. The zero-order valence-electron chi connectivity index (χ0n) is 12.7. The number of aliphatic carboxylic acids is 1. The summed E-state index contributed by atoms with van der Waals surface area (Å²) in [6.45, 7) is 3.41. The van der Waals surface area contributed by atoms with E-state index < -0.39 is 11.4 Å². The average molecular weight is 297 g/mol. The predicted molar refractivity (Wildman–Crippen MR) is 80.2 cm³/mol. The van der Waals surface area contributed by atoms with Gasteiger partial charge in [0.1, 0.15) is 0 Å². The smallest absolute Gasteiger partial charge is 0.317 e. The standard InChI is InChI=1S/C15H27N3O3/c19-13(20)15(6-3-1-2-4-7-15)12-17-14(21)18-10-5-8-16-9-11-18/h16H,1-12H2,(H,17,21)(H,19,20). The van der Waals surface area contributed by atoms with Gasteiger partial charge in [-0.05, 0) is 25.8 Å².